The summed E-state index contributed by atoms with van der Waals surface area (Å²) in [5.74, 6) is 0.628. The van der Waals surface area contributed by atoms with Crippen LogP contribution in [0.4, 0.5) is 4.79 Å². The molecule has 7 heteroatoms. The Morgan fingerprint density at radius 2 is 1.84 bits per heavy atom. The van der Waals surface area contributed by atoms with Crippen molar-refractivity contribution in [2.45, 2.75) is 70.4 Å². The third kappa shape index (κ3) is 5.07. The van der Waals surface area contributed by atoms with E-state index >= 15 is 0 Å². The van der Waals surface area contributed by atoms with Gasteiger partial charge in [-0.3, -0.25) is 4.79 Å². The van der Waals surface area contributed by atoms with Crippen LogP contribution in [0.15, 0.2) is 24.3 Å². The van der Waals surface area contributed by atoms with Gasteiger partial charge in [0.1, 0.15) is 6.61 Å². The zero-order chi connectivity index (χ0) is 22.7. The molecule has 0 unspecified atom stereocenters. The number of benzene rings is 1. The Morgan fingerprint density at radius 1 is 1.19 bits per heavy atom. The Labute approximate surface area is 196 Å². The summed E-state index contributed by atoms with van der Waals surface area (Å²) in [5, 5.41) is 0.680. The summed E-state index contributed by atoms with van der Waals surface area (Å²) in [6.07, 6.45) is 8.46. The molecule has 0 spiro atoms. The van der Waals surface area contributed by atoms with E-state index in [0.29, 0.717) is 37.1 Å². The van der Waals surface area contributed by atoms with Crippen molar-refractivity contribution in [1.82, 2.24) is 9.80 Å². The second kappa shape index (κ2) is 10.0. The van der Waals surface area contributed by atoms with Crippen LogP contribution >= 0.6 is 11.6 Å². The van der Waals surface area contributed by atoms with Gasteiger partial charge in [-0.1, -0.05) is 43.0 Å². The van der Waals surface area contributed by atoms with Gasteiger partial charge in [-0.25, -0.2) is 4.79 Å². The molecule has 6 nitrogen and oxygen atoms in total. The Morgan fingerprint density at radius 3 is 2.44 bits per heavy atom. The number of likely N-dealkylation sites (tertiary alicyclic amines) is 1. The highest BCUT2D eigenvalue weighted by Gasteiger charge is 2.46. The first-order valence-electron chi connectivity index (χ1n) is 12.1. The number of hydrogen-bond donors (Lipinski definition) is 1. The fraction of sp³-hybridized carbons (Fsp3) is 0.680. The minimum absolute atomic E-state index is 0.0196. The predicted molar refractivity (Wildman–Crippen MR) is 125 cm³/mol. The first-order chi connectivity index (χ1) is 15.4. The molecule has 2 saturated heterocycles. The smallest absolute Gasteiger partial charge is 0.410 e. The molecule has 176 valence electrons. The van der Waals surface area contributed by atoms with Crippen molar-refractivity contribution in [2.75, 3.05) is 26.2 Å². The molecule has 1 aromatic rings. The molecule has 1 saturated carbocycles. The zero-order valence-corrected chi connectivity index (χ0v) is 19.9. The summed E-state index contributed by atoms with van der Waals surface area (Å²) in [6, 6.07) is 7.09. The summed E-state index contributed by atoms with van der Waals surface area (Å²) in [6.45, 7) is 4.70. The van der Waals surface area contributed by atoms with Crippen LogP contribution in [0.5, 0.6) is 0 Å². The van der Waals surface area contributed by atoms with Crippen LogP contribution in [-0.2, 0) is 16.0 Å². The van der Waals surface area contributed by atoms with Crippen LogP contribution in [0.3, 0.4) is 0 Å². The molecule has 0 radical (unpaired) electrons. The Bertz CT molecular complexity index is 801. The van der Waals surface area contributed by atoms with Crippen molar-refractivity contribution >= 4 is 23.6 Å². The second-order valence-electron chi connectivity index (χ2n) is 10.0. The van der Waals surface area contributed by atoms with Gasteiger partial charge in [0, 0.05) is 24.7 Å². The fourth-order valence-electron chi connectivity index (χ4n) is 5.88. The van der Waals surface area contributed by atoms with Crippen LogP contribution in [-0.4, -0.2) is 60.1 Å². The van der Waals surface area contributed by atoms with Crippen LogP contribution in [0, 0.1) is 11.3 Å². The Balaban J connectivity index is 1.41. The summed E-state index contributed by atoms with van der Waals surface area (Å²) in [4.78, 5) is 29.3. The number of nitrogens with zero attached hydrogens (tertiary/aromatic N) is 2. The first kappa shape index (κ1) is 23.4. The number of carbonyl (C=O) groups is 2. The van der Waals surface area contributed by atoms with E-state index in [4.69, 9.17) is 22.1 Å². The van der Waals surface area contributed by atoms with E-state index in [1.165, 1.54) is 32.1 Å². The predicted octanol–water partition coefficient (Wildman–Crippen LogP) is 4.24. The number of amides is 2. The molecule has 2 N–H and O–H groups in total. The number of hydrogen-bond acceptors (Lipinski definition) is 4. The lowest BCUT2D eigenvalue weighted by atomic mass is 9.63. The number of piperidine rings is 1. The molecule has 0 aromatic heterocycles. The maximum Gasteiger partial charge on any atom is 0.410 e. The lowest BCUT2D eigenvalue weighted by Gasteiger charge is -2.50. The van der Waals surface area contributed by atoms with E-state index in [1.54, 1.807) is 0 Å². The summed E-state index contributed by atoms with van der Waals surface area (Å²) in [7, 11) is 0. The standard InChI is InChI=1S/C25H36ClN3O3/c1-18-16-32-24(31)29(18)17-25(20-5-3-2-4-6-20)11-13-28(14-12-25)23(30)22(27)15-19-7-9-21(26)10-8-19/h7-10,18,20,22H,2-6,11-17,27H2,1H3/t18-,22+/m0/s1. The fourth-order valence-corrected chi connectivity index (χ4v) is 6.01. The highest BCUT2D eigenvalue weighted by molar-refractivity contribution is 6.30. The van der Waals surface area contributed by atoms with Crippen molar-refractivity contribution in [3.8, 4) is 0 Å². The third-order valence-corrected chi connectivity index (χ3v) is 8.18. The monoisotopic (exact) mass is 461 g/mol. The molecule has 0 bridgehead atoms. The number of cyclic esters (lactones) is 1. The quantitative estimate of drug-likeness (QED) is 0.687. The molecule has 3 aliphatic rings. The largest absolute Gasteiger partial charge is 0.447 e. The molecule has 4 rings (SSSR count). The average Bonchev–Trinajstić information content (AvgIpc) is 3.13. The van der Waals surface area contributed by atoms with Gasteiger partial charge >= 0.3 is 6.09 Å². The van der Waals surface area contributed by atoms with Crippen molar-refractivity contribution in [2.24, 2.45) is 17.1 Å². The number of ether oxygens (including phenoxy) is 1. The maximum absolute atomic E-state index is 13.1. The lowest BCUT2D eigenvalue weighted by molar-refractivity contribution is -0.136. The zero-order valence-electron chi connectivity index (χ0n) is 19.1. The number of carbonyl (C=O) groups excluding carboxylic acids is 2. The summed E-state index contributed by atoms with van der Waals surface area (Å²) in [5.41, 5.74) is 7.39. The van der Waals surface area contributed by atoms with Gasteiger partial charge in [-0.2, -0.15) is 0 Å². The van der Waals surface area contributed by atoms with Gasteiger partial charge in [0.25, 0.3) is 0 Å². The Hall–Kier alpha value is -1.79. The van der Waals surface area contributed by atoms with Crippen LogP contribution in [0.1, 0.15) is 57.4 Å². The van der Waals surface area contributed by atoms with Gasteiger partial charge in [0.15, 0.2) is 0 Å². The molecule has 2 aliphatic heterocycles. The molecule has 1 aliphatic carbocycles. The average molecular weight is 462 g/mol. The highest BCUT2D eigenvalue weighted by atomic mass is 35.5. The first-order valence-corrected chi connectivity index (χ1v) is 12.5. The van der Waals surface area contributed by atoms with E-state index in [-0.39, 0.29) is 23.5 Å². The third-order valence-electron chi connectivity index (χ3n) is 7.93. The van der Waals surface area contributed by atoms with Gasteiger partial charge in [-0.05, 0) is 68.1 Å². The van der Waals surface area contributed by atoms with Gasteiger partial charge in [0.2, 0.25) is 5.91 Å². The van der Waals surface area contributed by atoms with Crippen LogP contribution in [0.2, 0.25) is 5.02 Å². The molecule has 2 amide bonds. The summed E-state index contributed by atoms with van der Waals surface area (Å²) >= 11 is 5.96. The van der Waals surface area contributed by atoms with Crippen molar-refractivity contribution in [1.29, 1.82) is 0 Å². The number of halogens is 1. The van der Waals surface area contributed by atoms with Gasteiger partial charge in [0.05, 0.1) is 12.1 Å². The van der Waals surface area contributed by atoms with Crippen molar-refractivity contribution in [3.05, 3.63) is 34.9 Å². The SMILES string of the molecule is C[C@H]1COC(=O)N1CC1(C2CCCCC2)CCN(C(=O)[C@H](N)Cc2ccc(Cl)cc2)CC1. The molecule has 2 heterocycles. The van der Waals surface area contributed by atoms with Crippen molar-refractivity contribution < 1.29 is 14.3 Å². The van der Waals surface area contributed by atoms with Gasteiger partial charge in [-0.15, -0.1) is 0 Å². The van der Waals surface area contributed by atoms with E-state index in [2.05, 4.69) is 6.92 Å². The second-order valence-corrected chi connectivity index (χ2v) is 10.4. The van der Waals surface area contributed by atoms with E-state index in [9.17, 15) is 9.59 Å². The Kier molecular flexibility index (Phi) is 7.30. The molecular formula is C25H36ClN3O3. The van der Waals surface area contributed by atoms with E-state index in [1.807, 2.05) is 34.1 Å². The normalized spacial score (nSPS) is 25.0. The maximum atomic E-state index is 13.1. The minimum atomic E-state index is -0.549. The van der Waals surface area contributed by atoms with Crippen LogP contribution < -0.4 is 5.73 Å². The molecular weight excluding hydrogens is 426 g/mol. The van der Waals surface area contributed by atoms with Crippen molar-refractivity contribution in [3.63, 3.8) is 0 Å². The highest BCUT2D eigenvalue weighted by Crippen LogP contribution is 2.47. The van der Waals surface area contributed by atoms with Crippen LogP contribution in [0.25, 0.3) is 0 Å². The minimum Gasteiger partial charge on any atom is -0.447 e. The molecule has 3 fully saturated rings. The number of rotatable bonds is 6. The van der Waals surface area contributed by atoms with Gasteiger partial charge < -0.3 is 20.3 Å². The van der Waals surface area contributed by atoms with E-state index < -0.39 is 6.04 Å². The molecule has 32 heavy (non-hydrogen) atoms. The molecule has 1 aromatic carbocycles. The molecule has 2 atom stereocenters. The summed E-state index contributed by atoms with van der Waals surface area (Å²) < 4.78 is 5.30. The topological polar surface area (TPSA) is 75.9 Å². The number of nitrogens with two attached hydrogens (primary N) is 1. The van der Waals surface area contributed by atoms with E-state index in [0.717, 1.165) is 24.9 Å². The lowest BCUT2D eigenvalue weighted by Crippen LogP contribution is -2.55.